The molecular weight excluding hydrogens is 218 g/mol. The highest BCUT2D eigenvalue weighted by atomic mass is 32.2. The van der Waals surface area contributed by atoms with Gasteiger partial charge in [-0.3, -0.25) is 0 Å². The summed E-state index contributed by atoms with van der Waals surface area (Å²) in [5, 5.41) is 8.80. The van der Waals surface area contributed by atoms with Crippen LogP contribution in [0.3, 0.4) is 0 Å². The van der Waals surface area contributed by atoms with Crippen LogP contribution in [0, 0.1) is 0 Å². The molecule has 1 rings (SSSR count). The van der Waals surface area contributed by atoms with Crippen LogP contribution in [0.4, 0.5) is 0 Å². The summed E-state index contributed by atoms with van der Waals surface area (Å²) in [6.07, 6.45) is 0. The van der Waals surface area contributed by atoms with Crippen LogP contribution in [0.5, 0.6) is 0 Å². The third kappa shape index (κ3) is 2.54. The van der Waals surface area contributed by atoms with Crippen molar-refractivity contribution in [2.45, 2.75) is 11.8 Å². The minimum atomic E-state index is -3.72. The molecule has 0 fully saturated rings. The van der Waals surface area contributed by atoms with Gasteiger partial charge in [-0.05, 0) is 12.1 Å². The number of carboxylic acid groups (broad SMARTS) is 1. The molecule has 15 heavy (non-hydrogen) atoms. The van der Waals surface area contributed by atoms with E-state index in [2.05, 4.69) is 4.72 Å². The van der Waals surface area contributed by atoms with Crippen molar-refractivity contribution in [3.8, 4) is 0 Å². The lowest BCUT2D eigenvalue weighted by molar-refractivity contribution is 0.0692. The SMILES string of the molecule is CCNS(=O)(=O)c1ccccc1C(=O)O. The Bertz CT molecular complexity index is 467. The molecule has 0 saturated carbocycles. The summed E-state index contributed by atoms with van der Waals surface area (Å²) in [4.78, 5) is 10.6. The van der Waals surface area contributed by atoms with E-state index >= 15 is 0 Å². The Balaban J connectivity index is 3.31. The van der Waals surface area contributed by atoms with Crippen LogP contribution < -0.4 is 4.72 Å². The predicted octanol–water partition coefficient (Wildman–Crippen LogP) is 0.683. The Morgan fingerprint density at radius 1 is 1.40 bits per heavy atom. The van der Waals surface area contributed by atoms with Gasteiger partial charge in [0.05, 0.1) is 10.5 Å². The quantitative estimate of drug-likeness (QED) is 0.795. The molecule has 2 N–H and O–H groups in total. The van der Waals surface area contributed by atoms with Crippen LogP contribution in [-0.4, -0.2) is 26.0 Å². The number of carboxylic acids is 1. The monoisotopic (exact) mass is 229 g/mol. The number of rotatable bonds is 4. The van der Waals surface area contributed by atoms with E-state index in [4.69, 9.17) is 5.11 Å². The van der Waals surface area contributed by atoms with Crippen LogP contribution in [0.25, 0.3) is 0 Å². The maximum Gasteiger partial charge on any atom is 0.337 e. The zero-order valence-electron chi connectivity index (χ0n) is 8.10. The number of hydrogen-bond donors (Lipinski definition) is 2. The van der Waals surface area contributed by atoms with Crippen molar-refractivity contribution in [1.82, 2.24) is 4.72 Å². The maximum atomic E-state index is 11.6. The first-order chi connectivity index (χ1) is 6.99. The molecule has 0 heterocycles. The molecule has 0 amide bonds. The van der Waals surface area contributed by atoms with E-state index in [1.807, 2.05) is 0 Å². The number of hydrogen-bond acceptors (Lipinski definition) is 3. The Labute approximate surface area is 87.8 Å². The van der Waals surface area contributed by atoms with Crippen molar-refractivity contribution < 1.29 is 18.3 Å². The molecule has 0 aliphatic rings. The van der Waals surface area contributed by atoms with Gasteiger partial charge < -0.3 is 5.11 Å². The van der Waals surface area contributed by atoms with Gasteiger partial charge in [0.2, 0.25) is 10.0 Å². The highest BCUT2D eigenvalue weighted by molar-refractivity contribution is 7.89. The van der Waals surface area contributed by atoms with Gasteiger partial charge in [0, 0.05) is 6.54 Å². The predicted molar refractivity (Wildman–Crippen MR) is 54.3 cm³/mol. The molecule has 5 nitrogen and oxygen atoms in total. The van der Waals surface area contributed by atoms with E-state index in [1.165, 1.54) is 24.3 Å². The fourth-order valence-corrected chi connectivity index (χ4v) is 2.38. The third-order valence-corrected chi connectivity index (χ3v) is 3.35. The van der Waals surface area contributed by atoms with Crippen molar-refractivity contribution in [1.29, 1.82) is 0 Å². The van der Waals surface area contributed by atoms with Crippen LogP contribution in [0.1, 0.15) is 17.3 Å². The first-order valence-electron chi connectivity index (χ1n) is 4.31. The largest absolute Gasteiger partial charge is 0.478 e. The number of carbonyl (C=O) groups is 1. The maximum absolute atomic E-state index is 11.6. The molecule has 0 bridgehead atoms. The minimum absolute atomic E-state index is 0.209. The lowest BCUT2D eigenvalue weighted by atomic mass is 10.2. The molecule has 0 radical (unpaired) electrons. The minimum Gasteiger partial charge on any atom is -0.478 e. The van der Waals surface area contributed by atoms with Crippen LogP contribution in [0.2, 0.25) is 0 Å². The topological polar surface area (TPSA) is 83.5 Å². The Morgan fingerprint density at radius 2 is 2.00 bits per heavy atom. The molecular formula is C9H11NO4S. The van der Waals surface area contributed by atoms with E-state index in [0.29, 0.717) is 0 Å². The van der Waals surface area contributed by atoms with Crippen LogP contribution >= 0.6 is 0 Å². The van der Waals surface area contributed by atoms with E-state index < -0.39 is 16.0 Å². The van der Waals surface area contributed by atoms with E-state index in [9.17, 15) is 13.2 Å². The molecule has 0 unspecified atom stereocenters. The van der Waals surface area contributed by atoms with Gasteiger partial charge in [0.15, 0.2) is 0 Å². The van der Waals surface area contributed by atoms with Gasteiger partial charge in [-0.2, -0.15) is 0 Å². The van der Waals surface area contributed by atoms with E-state index in [-0.39, 0.29) is 17.0 Å². The summed E-state index contributed by atoms with van der Waals surface area (Å²) in [7, 11) is -3.72. The lowest BCUT2D eigenvalue weighted by Gasteiger charge is -2.06. The zero-order chi connectivity index (χ0) is 11.5. The zero-order valence-corrected chi connectivity index (χ0v) is 8.91. The average Bonchev–Trinajstić information content (AvgIpc) is 2.17. The van der Waals surface area contributed by atoms with Gasteiger partial charge in [-0.1, -0.05) is 19.1 Å². The van der Waals surface area contributed by atoms with Crippen molar-refractivity contribution in [2.75, 3.05) is 6.54 Å². The first-order valence-corrected chi connectivity index (χ1v) is 5.79. The summed E-state index contributed by atoms with van der Waals surface area (Å²) < 4.78 is 25.4. The summed E-state index contributed by atoms with van der Waals surface area (Å²) in [6, 6.07) is 5.49. The molecule has 0 aliphatic heterocycles. The van der Waals surface area contributed by atoms with E-state index in [1.54, 1.807) is 6.92 Å². The summed E-state index contributed by atoms with van der Waals surface area (Å²) in [6.45, 7) is 1.84. The number of nitrogens with one attached hydrogen (secondary N) is 1. The lowest BCUT2D eigenvalue weighted by Crippen LogP contribution is -2.25. The highest BCUT2D eigenvalue weighted by Gasteiger charge is 2.20. The normalized spacial score (nSPS) is 11.3. The Kier molecular flexibility index (Phi) is 3.43. The molecule has 0 aromatic heterocycles. The van der Waals surface area contributed by atoms with Crippen LogP contribution in [-0.2, 0) is 10.0 Å². The van der Waals surface area contributed by atoms with Crippen LogP contribution in [0.15, 0.2) is 29.2 Å². The second kappa shape index (κ2) is 4.41. The molecule has 0 spiro atoms. The second-order valence-electron chi connectivity index (χ2n) is 2.80. The summed E-state index contributed by atoms with van der Waals surface area (Å²) in [5.74, 6) is -1.26. The summed E-state index contributed by atoms with van der Waals surface area (Å²) in [5.41, 5.74) is -0.224. The molecule has 82 valence electrons. The highest BCUT2D eigenvalue weighted by Crippen LogP contribution is 2.14. The van der Waals surface area contributed by atoms with Crippen molar-refractivity contribution in [3.05, 3.63) is 29.8 Å². The van der Waals surface area contributed by atoms with Gasteiger partial charge in [0.1, 0.15) is 0 Å². The Hall–Kier alpha value is -1.40. The third-order valence-electron chi connectivity index (χ3n) is 1.74. The molecule has 1 aromatic rings. The van der Waals surface area contributed by atoms with Gasteiger partial charge >= 0.3 is 5.97 Å². The fraction of sp³-hybridized carbons (Fsp3) is 0.222. The smallest absolute Gasteiger partial charge is 0.337 e. The molecule has 6 heteroatoms. The fourth-order valence-electron chi connectivity index (χ4n) is 1.15. The average molecular weight is 229 g/mol. The van der Waals surface area contributed by atoms with Gasteiger partial charge in [-0.15, -0.1) is 0 Å². The number of benzene rings is 1. The van der Waals surface area contributed by atoms with Crippen molar-refractivity contribution in [2.24, 2.45) is 0 Å². The van der Waals surface area contributed by atoms with Gasteiger partial charge in [-0.25, -0.2) is 17.9 Å². The molecule has 0 atom stereocenters. The van der Waals surface area contributed by atoms with Crippen molar-refractivity contribution >= 4 is 16.0 Å². The Morgan fingerprint density at radius 3 is 2.53 bits per heavy atom. The van der Waals surface area contributed by atoms with E-state index in [0.717, 1.165) is 0 Å². The second-order valence-corrected chi connectivity index (χ2v) is 4.54. The molecule has 0 saturated heterocycles. The molecule has 1 aromatic carbocycles. The first kappa shape index (κ1) is 11.7. The van der Waals surface area contributed by atoms with Gasteiger partial charge in [0.25, 0.3) is 0 Å². The molecule has 0 aliphatic carbocycles. The summed E-state index contributed by atoms with van der Waals surface area (Å²) >= 11 is 0. The standard InChI is InChI=1S/C9H11NO4S/c1-2-10-15(13,14)8-6-4-3-5-7(8)9(11)12/h3-6,10H,2H2,1H3,(H,11,12). The van der Waals surface area contributed by atoms with Crippen molar-refractivity contribution in [3.63, 3.8) is 0 Å². The number of aromatic carboxylic acids is 1. The number of sulfonamides is 1.